The molecule has 2 heteroatoms. The van der Waals surface area contributed by atoms with Gasteiger partial charge in [0.25, 0.3) is 0 Å². The largest absolute Gasteiger partial charge is 0.309 e. The van der Waals surface area contributed by atoms with E-state index >= 15 is 0 Å². The lowest BCUT2D eigenvalue weighted by Crippen LogP contribution is -2.49. The van der Waals surface area contributed by atoms with Crippen LogP contribution in [0.1, 0.15) is 59.3 Å². The van der Waals surface area contributed by atoms with Crippen molar-refractivity contribution >= 4 is 0 Å². The molecular formula is C16H30N2. The van der Waals surface area contributed by atoms with Crippen molar-refractivity contribution in [1.82, 2.24) is 10.2 Å². The summed E-state index contributed by atoms with van der Waals surface area (Å²) in [5, 5.41) is 4.04. The molecule has 2 aliphatic heterocycles. The van der Waals surface area contributed by atoms with E-state index in [0.29, 0.717) is 5.41 Å². The Labute approximate surface area is 113 Å². The van der Waals surface area contributed by atoms with E-state index in [1.165, 1.54) is 51.6 Å². The summed E-state index contributed by atoms with van der Waals surface area (Å²) < 4.78 is 0. The molecule has 104 valence electrons. The van der Waals surface area contributed by atoms with Gasteiger partial charge in [0, 0.05) is 24.7 Å². The number of hydrogen-bond donors (Lipinski definition) is 1. The minimum absolute atomic E-state index is 0.576. The van der Waals surface area contributed by atoms with E-state index in [1.54, 1.807) is 0 Å². The predicted molar refractivity (Wildman–Crippen MR) is 76.7 cm³/mol. The standard InChI is InChI=1S/C16H30N2/c1-12-11-16(2,3)8-6-13(12)17-14-7-10-18-9-4-5-15(14)18/h12-15,17H,4-11H2,1-3H3. The normalized spacial score (nSPS) is 44.2. The fraction of sp³-hybridized carbons (Fsp3) is 1.00. The zero-order chi connectivity index (χ0) is 12.8. The van der Waals surface area contributed by atoms with Crippen molar-refractivity contribution in [3.8, 4) is 0 Å². The number of hydrogen-bond acceptors (Lipinski definition) is 2. The third-order valence-corrected chi connectivity index (χ3v) is 5.73. The van der Waals surface area contributed by atoms with Gasteiger partial charge in [-0.2, -0.15) is 0 Å². The molecule has 0 aromatic heterocycles. The molecule has 0 amide bonds. The van der Waals surface area contributed by atoms with Crippen LogP contribution in [0.15, 0.2) is 0 Å². The van der Waals surface area contributed by atoms with Gasteiger partial charge in [-0.1, -0.05) is 20.8 Å². The number of nitrogens with one attached hydrogen (secondary N) is 1. The molecule has 0 bridgehead atoms. The van der Waals surface area contributed by atoms with Crippen LogP contribution in [0.5, 0.6) is 0 Å². The van der Waals surface area contributed by atoms with Crippen molar-refractivity contribution in [2.24, 2.45) is 11.3 Å². The molecule has 3 fully saturated rings. The Bertz CT molecular complexity index is 299. The summed E-state index contributed by atoms with van der Waals surface area (Å²) in [6.45, 7) is 10.0. The van der Waals surface area contributed by atoms with Gasteiger partial charge in [-0.05, 0) is 56.4 Å². The first-order valence-electron chi connectivity index (χ1n) is 8.05. The van der Waals surface area contributed by atoms with Crippen LogP contribution < -0.4 is 5.32 Å². The first kappa shape index (κ1) is 12.9. The van der Waals surface area contributed by atoms with Crippen LogP contribution in [0.2, 0.25) is 0 Å². The van der Waals surface area contributed by atoms with Gasteiger partial charge >= 0.3 is 0 Å². The van der Waals surface area contributed by atoms with Crippen LogP contribution >= 0.6 is 0 Å². The lowest BCUT2D eigenvalue weighted by Gasteiger charge is -2.41. The third-order valence-electron chi connectivity index (χ3n) is 5.73. The highest BCUT2D eigenvalue weighted by molar-refractivity contribution is 4.98. The van der Waals surface area contributed by atoms with Crippen molar-refractivity contribution in [1.29, 1.82) is 0 Å². The zero-order valence-electron chi connectivity index (χ0n) is 12.4. The highest BCUT2D eigenvalue weighted by atomic mass is 15.2. The van der Waals surface area contributed by atoms with Crippen molar-refractivity contribution in [2.45, 2.75) is 77.4 Å². The minimum Gasteiger partial charge on any atom is -0.309 e. The van der Waals surface area contributed by atoms with Gasteiger partial charge in [0.05, 0.1) is 0 Å². The summed E-state index contributed by atoms with van der Waals surface area (Å²) in [4.78, 5) is 2.72. The molecule has 0 aromatic rings. The molecule has 18 heavy (non-hydrogen) atoms. The molecule has 0 radical (unpaired) electrons. The molecule has 3 aliphatic rings. The van der Waals surface area contributed by atoms with Gasteiger partial charge in [0.1, 0.15) is 0 Å². The fourth-order valence-electron chi connectivity index (χ4n) is 4.75. The first-order chi connectivity index (χ1) is 8.55. The predicted octanol–water partition coefficient (Wildman–Crippen LogP) is 3.03. The Morgan fingerprint density at radius 3 is 2.67 bits per heavy atom. The van der Waals surface area contributed by atoms with Gasteiger partial charge < -0.3 is 5.32 Å². The molecule has 4 atom stereocenters. The van der Waals surface area contributed by atoms with Crippen LogP contribution in [0, 0.1) is 11.3 Å². The second-order valence-electron chi connectivity index (χ2n) is 7.80. The number of rotatable bonds is 2. The molecule has 2 saturated heterocycles. The summed E-state index contributed by atoms with van der Waals surface area (Å²) in [5.41, 5.74) is 0.576. The molecule has 2 nitrogen and oxygen atoms in total. The molecule has 2 heterocycles. The van der Waals surface area contributed by atoms with E-state index in [4.69, 9.17) is 0 Å². The molecule has 4 unspecified atom stereocenters. The smallest absolute Gasteiger partial charge is 0.0250 e. The fourth-order valence-corrected chi connectivity index (χ4v) is 4.75. The molecule has 1 N–H and O–H groups in total. The molecule has 0 spiro atoms. The average molecular weight is 250 g/mol. The first-order valence-corrected chi connectivity index (χ1v) is 8.05. The molecule has 0 aromatic carbocycles. The quantitative estimate of drug-likeness (QED) is 0.810. The van der Waals surface area contributed by atoms with Crippen molar-refractivity contribution < 1.29 is 0 Å². The SMILES string of the molecule is CC1CC(C)(C)CCC1NC1CCN2CCCC12. The maximum atomic E-state index is 4.04. The number of fused-ring (bicyclic) bond motifs is 1. The second-order valence-corrected chi connectivity index (χ2v) is 7.80. The lowest BCUT2D eigenvalue weighted by molar-refractivity contribution is 0.136. The summed E-state index contributed by atoms with van der Waals surface area (Å²) in [5.74, 6) is 0.851. The summed E-state index contributed by atoms with van der Waals surface area (Å²) in [6, 6.07) is 2.44. The lowest BCUT2D eigenvalue weighted by atomic mass is 9.70. The number of nitrogens with zero attached hydrogens (tertiary/aromatic N) is 1. The molecular weight excluding hydrogens is 220 g/mol. The van der Waals surface area contributed by atoms with Crippen molar-refractivity contribution in [2.75, 3.05) is 13.1 Å². The van der Waals surface area contributed by atoms with E-state index in [9.17, 15) is 0 Å². The van der Waals surface area contributed by atoms with Gasteiger partial charge in [-0.25, -0.2) is 0 Å². The Kier molecular flexibility index (Phi) is 3.44. The van der Waals surface area contributed by atoms with Crippen LogP contribution in [0.3, 0.4) is 0 Å². The van der Waals surface area contributed by atoms with E-state index in [2.05, 4.69) is 31.0 Å². The van der Waals surface area contributed by atoms with E-state index < -0.39 is 0 Å². The van der Waals surface area contributed by atoms with Crippen LogP contribution in [-0.2, 0) is 0 Å². The Balaban J connectivity index is 1.57. The highest BCUT2D eigenvalue weighted by Crippen LogP contribution is 2.39. The minimum atomic E-state index is 0.576. The topological polar surface area (TPSA) is 15.3 Å². The Morgan fingerprint density at radius 1 is 1.06 bits per heavy atom. The maximum absolute atomic E-state index is 4.04. The van der Waals surface area contributed by atoms with Crippen LogP contribution in [0.25, 0.3) is 0 Å². The van der Waals surface area contributed by atoms with Gasteiger partial charge in [0.15, 0.2) is 0 Å². The van der Waals surface area contributed by atoms with E-state index in [0.717, 1.165) is 24.0 Å². The summed E-state index contributed by atoms with van der Waals surface area (Å²) >= 11 is 0. The Hall–Kier alpha value is -0.0800. The van der Waals surface area contributed by atoms with Gasteiger partial charge in [-0.15, -0.1) is 0 Å². The van der Waals surface area contributed by atoms with Crippen molar-refractivity contribution in [3.63, 3.8) is 0 Å². The molecule has 1 saturated carbocycles. The monoisotopic (exact) mass is 250 g/mol. The van der Waals surface area contributed by atoms with Crippen LogP contribution in [0.4, 0.5) is 0 Å². The van der Waals surface area contributed by atoms with Gasteiger partial charge in [-0.3, -0.25) is 4.90 Å². The highest BCUT2D eigenvalue weighted by Gasteiger charge is 2.40. The third kappa shape index (κ3) is 2.46. The maximum Gasteiger partial charge on any atom is 0.0250 e. The van der Waals surface area contributed by atoms with Crippen LogP contribution in [-0.4, -0.2) is 36.1 Å². The molecule has 1 aliphatic carbocycles. The Morgan fingerprint density at radius 2 is 1.89 bits per heavy atom. The van der Waals surface area contributed by atoms with E-state index in [-0.39, 0.29) is 0 Å². The second kappa shape index (κ2) is 4.79. The van der Waals surface area contributed by atoms with E-state index in [1.807, 2.05) is 0 Å². The summed E-state index contributed by atoms with van der Waals surface area (Å²) in [6.07, 6.45) is 8.43. The van der Waals surface area contributed by atoms with Crippen molar-refractivity contribution in [3.05, 3.63) is 0 Å². The summed E-state index contributed by atoms with van der Waals surface area (Å²) in [7, 11) is 0. The molecule has 3 rings (SSSR count). The average Bonchev–Trinajstić information content (AvgIpc) is 2.85. The van der Waals surface area contributed by atoms with Gasteiger partial charge in [0.2, 0.25) is 0 Å². The zero-order valence-corrected chi connectivity index (χ0v) is 12.4.